The van der Waals surface area contributed by atoms with E-state index in [2.05, 4.69) is 43.2 Å². The van der Waals surface area contributed by atoms with Crippen LogP contribution in [-0.2, 0) is 6.54 Å². The summed E-state index contributed by atoms with van der Waals surface area (Å²) in [5, 5.41) is 15.5. The number of amides is 1. The lowest BCUT2D eigenvalue weighted by Gasteiger charge is -2.35. The van der Waals surface area contributed by atoms with Crippen LogP contribution in [0.4, 0.5) is 11.5 Å². The molecule has 1 amide bonds. The normalized spacial score (nSPS) is 16.3. The molecule has 4 aromatic rings. The van der Waals surface area contributed by atoms with Crippen molar-refractivity contribution in [3.8, 4) is 11.8 Å². The third-order valence-electron chi connectivity index (χ3n) is 7.77. The summed E-state index contributed by atoms with van der Waals surface area (Å²) < 4.78 is 6.28. The van der Waals surface area contributed by atoms with Crippen LogP contribution < -0.4 is 20.1 Å². The maximum absolute atomic E-state index is 13.4. The zero-order valence-electron chi connectivity index (χ0n) is 22.7. The van der Waals surface area contributed by atoms with Gasteiger partial charge in [-0.2, -0.15) is 10.4 Å². The molecule has 1 saturated heterocycles. The van der Waals surface area contributed by atoms with Gasteiger partial charge >= 0.3 is 0 Å². The van der Waals surface area contributed by atoms with Gasteiger partial charge in [0.05, 0.1) is 23.5 Å². The van der Waals surface area contributed by atoms with Crippen LogP contribution in [0.25, 0.3) is 0 Å². The third-order valence-corrected chi connectivity index (χ3v) is 7.77. The number of carbonyl (C=O) groups excluding carboxylic acids is 1. The highest BCUT2D eigenvalue weighted by Gasteiger charge is 2.32. The van der Waals surface area contributed by atoms with Gasteiger partial charge < -0.3 is 19.4 Å². The molecule has 0 aliphatic carbocycles. The first-order valence-corrected chi connectivity index (χ1v) is 13.5. The van der Waals surface area contributed by atoms with Gasteiger partial charge in [-0.15, -0.1) is 0 Å². The molecule has 2 aromatic carbocycles. The first-order valence-electron chi connectivity index (χ1n) is 13.5. The van der Waals surface area contributed by atoms with E-state index in [1.807, 2.05) is 41.3 Å². The lowest BCUT2D eigenvalue weighted by Crippen LogP contribution is -2.49. The fourth-order valence-corrected chi connectivity index (χ4v) is 5.49. The molecule has 10 heteroatoms. The zero-order valence-corrected chi connectivity index (χ0v) is 22.7. The Labute approximate surface area is 237 Å². The van der Waals surface area contributed by atoms with E-state index in [0.717, 1.165) is 17.1 Å². The van der Waals surface area contributed by atoms with Crippen molar-refractivity contribution >= 4 is 17.4 Å². The molecule has 2 aliphatic heterocycles. The van der Waals surface area contributed by atoms with Crippen LogP contribution in [0, 0.1) is 18.3 Å². The van der Waals surface area contributed by atoms with Crippen LogP contribution in [0.1, 0.15) is 38.7 Å². The zero-order chi connectivity index (χ0) is 28.3. The molecule has 2 aliphatic rings. The molecule has 1 fully saturated rings. The number of nitrogens with one attached hydrogen (secondary N) is 1. The molecule has 1 N–H and O–H groups in total. The third kappa shape index (κ3) is 5.22. The van der Waals surface area contributed by atoms with Crippen molar-refractivity contribution in [2.45, 2.75) is 19.5 Å². The van der Waals surface area contributed by atoms with E-state index in [1.54, 1.807) is 31.5 Å². The number of nitrogens with zero attached hydrogens (tertiary/aromatic N) is 6. The highest BCUT2D eigenvalue weighted by atomic mass is 16.5. The number of carbonyl (C=O) groups is 1. The van der Waals surface area contributed by atoms with Gasteiger partial charge in [-0.3, -0.25) is 9.59 Å². The van der Waals surface area contributed by atoms with Crippen LogP contribution >= 0.6 is 0 Å². The minimum Gasteiger partial charge on any atom is -0.491 e. The van der Waals surface area contributed by atoms with E-state index in [4.69, 9.17) is 10.00 Å². The standard InChI is InChI=1S/C31H29N7O3/c1-21-27(18-34-35-30(21)39)38-19-24-5-2-3-8-26(24)28(38)20-41-25-7-4-6-23(15-25)31(40)37-13-11-36(12-14-37)29-10-9-22(16-32)17-33-29/h2-10,15,17-18,28H,11-14,19-20H2,1H3,(H,35,39)/t28-/m0/s1. The number of nitriles is 1. The first-order chi connectivity index (χ1) is 20.0. The maximum atomic E-state index is 13.4. The highest BCUT2D eigenvalue weighted by Crippen LogP contribution is 2.38. The van der Waals surface area contributed by atoms with Gasteiger partial charge in [-0.1, -0.05) is 30.3 Å². The van der Waals surface area contributed by atoms with Gasteiger partial charge in [0.2, 0.25) is 0 Å². The number of piperazine rings is 1. The van der Waals surface area contributed by atoms with Gasteiger partial charge in [0.15, 0.2) is 0 Å². The summed E-state index contributed by atoms with van der Waals surface area (Å²) in [4.78, 5) is 36.1. The molecule has 2 aromatic heterocycles. The number of anilines is 2. The molecule has 6 rings (SSSR count). The Morgan fingerprint density at radius 3 is 2.68 bits per heavy atom. The van der Waals surface area contributed by atoms with E-state index in [9.17, 15) is 9.59 Å². The topological polar surface area (TPSA) is 118 Å². The molecule has 0 saturated carbocycles. The predicted molar refractivity (Wildman–Crippen MR) is 154 cm³/mol. The van der Waals surface area contributed by atoms with E-state index in [0.29, 0.717) is 61.8 Å². The summed E-state index contributed by atoms with van der Waals surface area (Å²) in [6, 6.07) is 21.1. The van der Waals surface area contributed by atoms with Crippen molar-refractivity contribution in [3.05, 3.63) is 111 Å². The maximum Gasteiger partial charge on any atom is 0.269 e. The van der Waals surface area contributed by atoms with Gasteiger partial charge in [-0.05, 0) is 48.4 Å². The summed E-state index contributed by atoms with van der Waals surface area (Å²) >= 11 is 0. The quantitative estimate of drug-likeness (QED) is 0.390. The predicted octanol–water partition coefficient (Wildman–Crippen LogP) is 3.45. The number of rotatable bonds is 6. The number of hydrogen-bond donors (Lipinski definition) is 1. The van der Waals surface area contributed by atoms with Crippen molar-refractivity contribution in [2.75, 3.05) is 42.6 Å². The number of fused-ring (bicyclic) bond motifs is 1. The lowest BCUT2D eigenvalue weighted by molar-refractivity contribution is 0.0746. The van der Waals surface area contributed by atoms with Crippen molar-refractivity contribution < 1.29 is 9.53 Å². The Morgan fingerprint density at radius 2 is 1.90 bits per heavy atom. The highest BCUT2D eigenvalue weighted by molar-refractivity contribution is 5.94. The molecule has 41 heavy (non-hydrogen) atoms. The van der Waals surface area contributed by atoms with E-state index in [1.165, 1.54) is 5.56 Å². The van der Waals surface area contributed by atoms with Crippen molar-refractivity contribution in [3.63, 3.8) is 0 Å². The second-order valence-corrected chi connectivity index (χ2v) is 10.2. The van der Waals surface area contributed by atoms with Crippen LogP contribution in [0.5, 0.6) is 5.75 Å². The average molecular weight is 548 g/mol. The number of aromatic amines is 1. The van der Waals surface area contributed by atoms with Gasteiger partial charge in [-0.25, -0.2) is 10.1 Å². The Hall–Kier alpha value is -5.17. The van der Waals surface area contributed by atoms with Gasteiger partial charge in [0.25, 0.3) is 11.5 Å². The second-order valence-electron chi connectivity index (χ2n) is 10.2. The molecular weight excluding hydrogens is 518 g/mol. The second kappa shape index (κ2) is 11.1. The van der Waals surface area contributed by atoms with Crippen molar-refractivity contribution in [2.24, 2.45) is 0 Å². The molecule has 206 valence electrons. The molecule has 0 spiro atoms. The summed E-state index contributed by atoms with van der Waals surface area (Å²) in [5.41, 5.74) is 4.61. The Morgan fingerprint density at radius 1 is 1.07 bits per heavy atom. The van der Waals surface area contributed by atoms with Crippen molar-refractivity contribution in [1.82, 2.24) is 20.1 Å². The summed E-state index contributed by atoms with van der Waals surface area (Å²) in [5.74, 6) is 1.38. The molecule has 4 heterocycles. The Bertz CT molecular complexity index is 1670. The number of pyridine rings is 1. The fourth-order valence-electron chi connectivity index (χ4n) is 5.49. The number of aromatic nitrogens is 3. The Balaban J connectivity index is 1.13. The molecule has 0 bridgehead atoms. The molecule has 10 nitrogen and oxygen atoms in total. The summed E-state index contributed by atoms with van der Waals surface area (Å²) in [6.45, 7) is 5.26. The Kier molecular flexibility index (Phi) is 7.08. The van der Waals surface area contributed by atoms with Gasteiger partial charge in [0.1, 0.15) is 24.2 Å². The fraction of sp³-hybridized carbons (Fsp3) is 0.258. The van der Waals surface area contributed by atoms with Crippen LogP contribution in [-0.4, -0.2) is 58.8 Å². The SMILES string of the molecule is Cc1c(N2Cc3ccccc3[C@@H]2COc2cccc(C(=O)N3CCN(c4ccc(C#N)cn4)CC3)c2)cn[nH]c1=O. The van der Waals surface area contributed by atoms with E-state index in [-0.39, 0.29) is 17.5 Å². The van der Waals surface area contributed by atoms with Gasteiger partial charge in [0, 0.05) is 50.0 Å². The van der Waals surface area contributed by atoms with E-state index >= 15 is 0 Å². The van der Waals surface area contributed by atoms with Crippen molar-refractivity contribution in [1.29, 1.82) is 5.26 Å². The summed E-state index contributed by atoms with van der Waals surface area (Å²) in [6.07, 6.45) is 3.26. The smallest absolute Gasteiger partial charge is 0.269 e. The largest absolute Gasteiger partial charge is 0.491 e. The number of benzene rings is 2. The molecule has 1 atom stereocenters. The van der Waals surface area contributed by atoms with Crippen LogP contribution in [0.3, 0.4) is 0 Å². The summed E-state index contributed by atoms with van der Waals surface area (Å²) in [7, 11) is 0. The monoisotopic (exact) mass is 547 g/mol. The number of hydrogen-bond acceptors (Lipinski definition) is 8. The average Bonchev–Trinajstić information content (AvgIpc) is 3.39. The molecule has 0 radical (unpaired) electrons. The van der Waals surface area contributed by atoms with E-state index < -0.39 is 0 Å². The molecular formula is C31H29N7O3. The first kappa shape index (κ1) is 26.1. The van der Waals surface area contributed by atoms with Crippen LogP contribution in [0.2, 0.25) is 0 Å². The molecule has 0 unspecified atom stereocenters. The number of H-pyrrole nitrogens is 1. The minimum atomic E-state index is -0.210. The van der Waals surface area contributed by atoms with Crippen LogP contribution in [0.15, 0.2) is 77.9 Å². The lowest BCUT2D eigenvalue weighted by atomic mass is 10.1. The minimum absolute atomic E-state index is 0.0408. The number of ether oxygens (including phenoxy) is 1.